The molecule has 2 aromatic carbocycles. The molecule has 0 bridgehead atoms. The lowest BCUT2D eigenvalue weighted by atomic mass is 10.1. The smallest absolute Gasteiger partial charge is 0.263 e. The van der Waals surface area contributed by atoms with Gasteiger partial charge in [-0.1, -0.05) is 42.5 Å². The Balaban J connectivity index is 1.97. The van der Waals surface area contributed by atoms with Gasteiger partial charge < -0.3 is 0 Å². The van der Waals surface area contributed by atoms with Gasteiger partial charge in [0.2, 0.25) is 0 Å². The summed E-state index contributed by atoms with van der Waals surface area (Å²) in [6, 6.07) is 14.9. The predicted octanol–water partition coefficient (Wildman–Crippen LogP) is 3.09. The molecule has 0 radical (unpaired) electrons. The van der Waals surface area contributed by atoms with E-state index in [9.17, 15) is 12.8 Å². The highest BCUT2D eigenvalue weighted by molar-refractivity contribution is 8.00. The van der Waals surface area contributed by atoms with Crippen LogP contribution in [-0.4, -0.2) is 14.3 Å². The van der Waals surface area contributed by atoms with E-state index in [0.717, 1.165) is 5.56 Å². The first kappa shape index (κ1) is 15.4. The van der Waals surface area contributed by atoms with E-state index >= 15 is 0 Å². The van der Waals surface area contributed by atoms with Crippen molar-refractivity contribution in [2.45, 2.75) is 13.5 Å². The highest BCUT2D eigenvalue weighted by Crippen LogP contribution is 2.29. The van der Waals surface area contributed by atoms with Crippen LogP contribution in [0.25, 0.3) is 4.91 Å². The second-order valence-electron chi connectivity index (χ2n) is 5.22. The fourth-order valence-corrected chi connectivity index (χ4v) is 3.96. The summed E-state index contributed by atoms with van der Waals surface area (Å²) in [5.74, 6) is -0.0819. The summed E-state index contributed by atoms with van der Waals surface area (Å²) in [7, 11) is -3.68. The van der Waals surface area contributed by atoms with Gasteiger partial charge in [0.1, 0.15) is 16.6 Å². The predicted molar refractivity (Wildman–Crippen MR) is 88.6 cm³/mol. The average molecular weight is 330 g/mol. The summed E-state index contributed by atoms with van der Waals surface area (Å²) < 4.78 is 40.2. The van der Waals surface area contributed by atoms with E-state index in [1.807, 2.05) is 30.3 Å². The molecule has 0 amide bonds. The average Bonchev–Trinajstić information content (AvgIpc) is 2.77. The fourth-order valence-electron chi connectivity index (χ4n) is 2.44. The van der Waals surface area contributed by atoms with Crippen molar-refractivity contribution in [2.75, 3.05) is 0 Å². The molecule has 0 spiro atoms. The normalized spacial score (nSPS) is 18.3. The van der Waals surface area contributed by atoms with Crippen LogP contribution in [0.5, 0.6) is 0 Å². The van der Waals surface area contributed by atoms with Crippen molar-refractivity contribution in [2.24, 2.45) is 4.99 Å². The summed E-state index contributed by atoms with van der Waals surface area (Å²) in [6.07, 6.45) is 0. The van der Waals surface area contributed by atoms with Crippen molar-refractivity contribution < 1.29 is 12.8 Å². The topological polar surface area (TPSA) is 58.5 Å². The molecule has 0 aliphatic carbocycles. The van der Waals surface area contributed by atoms with Gasteiger partial charge in [0, 0.05) is 5.57 Å². The Morgan fingerprint density at radius 3 is 2.35 bits per heavy atom. The number of aliphatic imine (C=N–C) groups is 1. The van der Waals surface area contributed by atoms with Gasteiger partial charge in [-0.3, -0.25) is 9.71 Å². The van der Waals surface area contributed by atoms with E-state index in [-0.39, 0.29) is 4.91 Å². The molecule has 1 heterocycles. The molecule has 0 saturated carbocycles. The third-order valence-electron chi connectivity index (χ3n) is 3.56. The Kier molecular flexibility index (Phi) is 4.00. The quantitative estimate of drug-likeness (QED) is 0.940. The molecule has 0 atom stereocenters. The molecule has 4 nitrogen and oxygen atoms in total. The standard InChI is InChI=1S/C17H15FN2O2S/c1-12-16(14-7-9-15(18)10-8-14)23(21,22)20-17(12)19-11-13-5-3-2-4-6-13/h2-10H,11H2,1H3,(H,19,20). The van der Waals surface area contributed by atoms with Crippen molar-refractivity contribution in [3.63, 3.8) is 0 Å². The first-order valence-corrected chi connectivity index (χ1v) is 8.54. The van der Waals surface area contributed by atoms with Gasteiger partial charge in [-0.25, -0.2) is 12.8 Å². The van der Waals surface area contributed by atoms with Crippen LogP contribution in [0.3, 0.4) is 0 Å². The molecular weight excluding hydrogens is 315 g/mol. The summed E-state index contributed by atoms with van der Waals surface area (Å²) in [6.45, 7) is 2.08. The Morgan fingerprint density at radius 1 is 1.04 bits per heavy atom. The molecule has 0 saturated heterocycles. The maximum Gasteiger partial charge on any atom is 0.264 e. The number of hydrogen-bond acceptors (Lipinski definition) is 3. The van der Waals surface area contributed by atoms with Gasteiger partial charge in [0.25, 0.3) is 10.0 Å². The minimum atomic E-state index is -3.68. The number of sulfonamides is 1. The molecule has 118 valence electrons. The molecule has 1 aliphatic rings. The van der Waals surface area contributed by atoms with Crippen LogP contribution < -0.4 is 4.72 Å². The molecule has 0 fully saturated rings. The number of nitrogens with one attached hydrogen (secondary N) is 1. The van der Waals surface area contributed by atoms with Gasteiger partial charge in [-0.05, 0) is 30.2 Å². The van der Waals surface area contributed by atoms with Gasteiger partial charge in [0.05, 0.1) is 6.54 Å². The summed E-state index contributed by atoms with van der Waals surface area (Å²) in [5.41, 5.74) is 1.97. The van der Waals surface area contributed by atoms with Crippen molar-refractivity contribution in [3.8, 4) is 0 Å². The summed E-state index contributed by atoms with van der Waals surface area (Å²) in [5, 5.41) is 0. The molecule has 6 heteroatoms. The molecule has 0 unspecified atom stereocenters. The van der Waals surface area contributed by atoms with Crippen LogP contribution in [-0.2, 0) is 16.6 Å². The maximum absolute atomic E-state index is 13.0. The zero-order valence-corrected chi connectivity index (χ0v) is 13.3. The van der Waals surface area contributed by atoms with Gasteiger partial charge in [0.15, 0.2) is 0 Å². The van der Waals surface area contributed by atoms with Crippen LogP contribution in [0, 0.1) is 5.82 Å². The first-order valence-electron chi connectivity index (χ1n) is 7.06. The largest absolute Gasteiger partial charge is 0.264 e. The second-order valence-corrected chi connectivity index (χ2v) is 6.84. The molecule has 1 N–H and O–H groups in total. The lowest BCUT2D eigenvalue weighted by molar-refractivity contribution is 0.603. The minimum Gasteiger partial charge on any atom is -0.263 e. The van der Waals surface area contributed by atoms with Crippen LogP contribution in [0.4, 0.5) is 4.39 Å². The highest BCUT2D eigenvalue weighted by atomic mass is 32.2. The maximum atomic E-state index is 13.0. The van der Waals surface area contributed by atoms with E-state index in [4.69, 9.17) is 0 Å². The number of nitrogens with zero attached hydrogens (tertiary/aromatic N) is 1. The molecule has 3 rings (SSSR count). The van der Waals surface area contributed by atoms with Crippen molar-refractivity contribution >= 4 is 20.8 Å². The number of amidine groups is 1. The Morgan fingerprint density at radius 2 is 1.70 bits per heavy atom. The Hall–Kier alpha value is -2.47. The number of halogens is 1. The summed E-state index contributed by atoms with van der Waals surface area (Å²) >= 11 is 0. The monoisotopic (exact) mass is 330 g/mol. The number of hydrogen-bond donors (Lipinski definition) is 1. The number of rotatable bonds is 3. The van der Waals surface area contributed by atoms with E-state index in [1.54, 1.807) is 6.92 Å². The van der Waals surface area contributed by atoms with Gasteiger partial charge >= 0.3 is 0 Å². The molecule has 23 heavy (non-hydrogen) atoms. The van der Waals surface area contributed by atoms with E-state index < -0.39 is 15.8 Å². The van der Waals surface area contributed by atoms with Crippen LogP contribution in [0.2, 0.25) is 0 Å². The van der Waals surface area contributed by atoms with Gasteiger partial charge in [-0.2, -0.15) is 0 Å². The van der Waals surface area contributed by atoms with Gasteiger partial charge in [-0.15, -0.1) is 0 Å². The molecule has 0 aromatic heterocycles. The van der Waals surface area contributed by atoms with E-state index in [2.05, 4.69) is 9.71 Å². The van der Waals surface area contributed by atoms with Crippen LogP contribution >= 0.6 is 0 Å². The van der Waals surface area contributed by atoms with Crippen LogP contribution in [0.1, 0.15) is 18.1 Å². The Bertz CT molecular complexity index is 886. The zero-order valence-electron chi connectivity index (χ0n) is 12.5. The third-order valence-corrected chi connectivity index (χ3v) is 5.11. The SMILES string of the molecule is CC1=C(c2ccc(F)cc2)S(=O)(=O)NC1=NCc1ccccc1. The molecular formula is C17H15FN2O2S. The number of benzene rings is 2. The van der Waals surface area contributed by atoms with Crippen molar-refractivity contribution in [1.82, 2.24) is 4.72 Å². The lowest BCUT2D eigenvalue weighted by Gasteiger charge is -2.02. The van der Waals surface area contributed by atoms with E-state index in [1.165, 1.54) is 24.3 Å². The third kappa shape index (κ3) is 3.17. The van der Waals surface area contributed by atoms with Crippen LogP contribution in [0.15, 0.2) is 65.2 Å². The lowest BCUT2D eigenvalue weighted by Crippen LogP contribution is -2.23. The van der Waals surface area contributed by atoms with Crippen molar-refractivity contribution in [3.05, 3.63) is 77.1 Å². The fraction of sp³-hybridized carbons (Fsp3) is 0.118. The minimum absolute atomic E-state index is 0.143. The van der Waals surface area contributed by atoms with E-state index in [0.29, 0.717) is 23.5 Å². The van der Waals surface area contributed by atoms with Crippen molar-refractivity contribution in [1.29, 1.82) is 0 Å². The second kappa shape index (κ2) is 5.96. The molecule has 2 aromatic rings. The first-order chi connectivity index (χ1) is 11.0. The molecule has 1 aliphatic heterocycles. The highest BCUT2D eigenvalue weighted by Gasteiger charge is 2.32. The zero-order chi connectivity index (χ0) is 16.4. The Labute approximate surface area is 134 Å². The summed E-state index contributed by atoms with van der Waals surface area (Å²) in [4.78, 5) is 4.50.